The van der Waals surface area contributed by atoms with Crippen molar-refractivity contribution in [2.24, 2.45) is 5.41 Å². The van der Waals surface area contributed by atoms with Crippen LogP contribution in [0.5, 0.6) is 0 Å². The quantitative estimate of drug-likeness (QED) is 0.754. The Bertz CT molecular complexity index is 750. The molecule has 3 rings (SSSR count). The first-order chi connectivity index (χ1) is 13.7. The van der Waals surface area contributed by atoms with Crippen molar-refractivity contribution < 1.29 is 28.2 Å². The van der Waals surface area contributed by atoms with Gasteiger partial charge in [0.25, 0.3) is 5.91 Å². The first-order valence-corrected chi connectivity index (χ1v) is 9.89. The summed E-state index contributed by atoms with van der Waals surface area (Å²) >= 11 is 0. The van der Waals surface area contributed by atoms with Gasteiger partial charge in [-0.1, -0.05) is 13.8 Å². The summed E-state index contributed by atoms with van der Waals surface area (Å²) in [5.41, 5.74) is 0.812. The van der Waals surface area contributed by atoms with Crippen LogP contribution in [0, 0.1) is 11.2 Å². The summed E-state index contributed by atoms with van der Waals surface area (Å²) in [5.74, 6) is -1.05. The molecule has 0 aliphatic carbocycles. The van der Waals surface area contributed by atoms with Crippen LogP contribution in [0.3, 0.4) is 0 Å². The van der Waals surface area contributed by atoms with E-state index < -0.39 is 18.0 Å². The fourth-order valence-electron chi connectivity index (χ4n) is 3.73. The van der Waals surface area contributed by atoms with Crippen molar-refractivity contribution in [2.75, 3.05) is 37.7 Å². The van der Waals surface area contributed by atoms with Crippen LogP contribution in [-0.4, -0.2) is 57.2 Å². The summed E-state index contributed by atoms with van der Waals surface area (Å²) in [4.78, 5) is 24.8. The first-order valence-electron chi connectivity index (χ1n) is 9.89. The fourth-order valence-corrected chi connectivity index (χ4v) is 3.73. The van der Waals surface area contributed by atoms with Crippen LogP contribution >= 0.6 is 0 Å². The maximum atomic E-state index is 15.3. The molecule has 160 valence electrons. The Hall–Kier alpha value is -2.03. The van der Waals surface area contributed by atoms with E-state index in [0.717, 1.165) is 0 Å². The van der Waals surface area contributed by atoms with Gasteiger partial charge in [-0.3, -0.25) is 4.79 Å². The third kappa shape index (κ3) is 5.12. The molecule has 0 saturated carbocycles. The van der Waals surface area contributed by atoms with Gasteiger partial charge in [-0.25, -0.2) is 4.39 Å². The Balaban J connectivity index is 1.99. The molecule has 2 fully saturated rings. The molecule has 1 N–H and O–H groups in total. The van der Waals surface area contributed by atoms with Crippen molar-refractivity contribution in [3.8, 4) is 0 Å². The van der Waals surface area contributed by atoms with Gasteiger partial charge in [-0.15, -0.1) is 0 Å². The molecule has 8 heteroatoms. The van der Waals surface area contributed by atoms with E-state index in [9.17, 15) is 9.59 Å². The van der Waals surface area contributed by atoms with Gasteiger partial charge in [0.2, 0.25) is 0 Å². The monoisotopic (exact) mass is 408 g/mol. The number of nitrogens with zero attached hydrogens (tertiary/aromatic N) is 1. The zero-order valence-electron chi connectivity index (χ0n) is 17.4. The molecular weight excluding hydrogens is 379 g/mol. The van der Waals surface area contributed by atoms with Crippen molar-refractivity contribution in [1.29, 1.82) is 0 Å². The molecule has 0 radical (unpaired) electrons. The van der Waals surface area contributed by atoms with Gasteiger partial charge in [0, 0.05) is 29.6 Å². The summed E-state index contributed by atoms with van der Waals surface area (Å²) in [7, 11) is 0. The van der Waals surface area contributed by atoms with Crippen LogP contribution in [-0.2, 0) is 19.0 Å². The maximum absolute atomic E-state index is 15.3. The second kappa shape index (κ2) is 8.77. The molecule has 0 bridgehead atoms. The van der Waals surface area contributed by atoms with Crippen LogP contribution in [0.15, 0.2) is 12.1 Å². The minimum Gasteiger partial charge on any atom is -0.372 e. The highest BCUT2D eigenvalue weighted by atomic mass is 19.1. The molecule has 2 unspecified atom stereocenters. The lowest BCUT2D eigenvalue weighted by Crippen LogP contribution is -2.46. The number of carbonyl (C=O) groups excluding carboxylic acids is 2. The Labute approximate surface area is 170 Å². The zero-order chi connectivity index (χ0) is 21.2. The summed E-state index contributed by atoms with van der Waals surface area (Å²) in [6, 6.07) is 2.78. The van der Waals surface area contributed by atoms with E-state index in [1.807, 2.05) is 32.6 Å². The lowest BCUT2D eigenvalue weighted by molar-refractivity contribution is -0.226. The number of anilines is 1. The summed E-state index contributed by atoms with van der Waals surface area (Å²) in [5, 5.41) is 2.44. The average Bonchev–Trinajstić information content (AvgIpc) is 2.64. The van der Waals surface area contributed by atoms with Gasteiger partial charge in [0.1, 0.15) is 12.1 Å². The molecule has 2 aliphatic rings. The standard InChI is InChI=1S/C21H29FN2O5/c1-13-9-24(10-14(2)29-13)18-16(20-27-11-21(3,4)12-28-20)7-15(8-17(18)22)19(26)23-5-6-25/h6-8,13-14,20H,5,9-12H2,1-4H3,(H,23,26). The summed E-state index contributed by atoms with van der Waals surface area (Å²) < 4.78 is 32.9. The third-order valence-electron chi connectivity index (χ3n) is 4.94. The van der Waals surface area contributed by atoms with E-state index in [0.29, 0.717) is 43.8 Å². The third-order valence-corrected chi connectivity index (χ3v) is 4.94. The van der Waals surface area contributed by atoms with Gasteiger partial charge >= 0.3 is 0 Å². The molecule has 2 heterocycles. The molecular formula is C21H29FN2O5. The van der Waals surface area contributed by atoms with Crippen molar-refractivity contribution in [3.63, 3.8) is 0 Å². The molecule has 1 aromatic rings. The van der Waals surface area contributed by atoms with Crippen molar-refractivity contribution in [1.82, 2.24) is 5.32 Å². The van der Waals surface area contributed by atoms with E-state index in [1.54, 1.807) is 6.07 Å². The van der Waals surface area contributed by atoms with Crippen molar-refractivity contribution in [2.45, 2.75) is 46.2 Å². The molecule has 7 nitrogen and oxygen atoms in total. The van der Waals surface area contributed by atoms with Crippen LogP contribution < -0.4 is 10.2 Å². The van der Waals surface area contributed by atoms with Gasteiger partial charge in [-0.2, -0.15) is 0 Å². The minimum absolute atomic E-state index is 0.0614. The normalized spacial score (nSPS) is 24.9. The number of halogens is 1. The van der Waals surface area contributed by atoms with Gasteiger partial charge in [-0.05, 0) is 26.0 Å². The highest BCUT2D eigenvalue weighted by molar-refractivity contribution is 5.96. The van der Waals surface area contributed by atoms with Crippen LogP contribution in [0.25, 0.3) is 0 Å². The largest absolute Gasteiger partial charge is 0.372 e. The van der Waals surface area contributed by atoms with Gasteiger partial charge in [0.15, 0.2) is 6.29 Å². The van der Waals surface area contributed by atoms with E-state index in [4.69, 9.17) is 14.2 Å². The molecule has 1 amide bonds. The Morgan fingerprint density at radius 3 is 2.45 bits per heavy atom. The smallest absolute Gasteiger partial charge is 0.251 e. The van der Waals surface area contributed by atoms with E-state index in [1.165, 1.54) is 6.07 Å². The number of nitrogens with one attached hydrogen (secondary N) is 1. The number of ether oxygens (including phenoxy) is 3. The van der Waals surface area contributed by atoms with Gasteiger partial charge in [0.05, 0.1) is 37.7 Å². The second-order valence-electron chi connectivity index (χ2n) is 8.55. The Kier molecular flexibility index (Phi) is 6.55. The number of aldehydes is 1. The number of hydrogen-bond acceptors (Lipinski definition) is 6. The van der Waals surface area contributed by atoms with Crippen LogP contribution in [0.2, 0.25) is 0 Å². The summed E-state index contributed by atoms with van der Waals surface area (Å²) in [6.45, 7) is 9.74. The molecule has 2 saturated heterocycles. The van der Waals surface area contributed by atoms with E-state index >= 15 is 4.39 Å². The number of hydrogen-bond donors (Lipinski definition) is 1. The maximum Gasteiger partial charge on any atom is 0.251 e. The number of amides is 1. The van der Waals surface area contributed by atoms with Crippen LogP contribution in [0.1, 0.15) is 49.9 Å². The first kappa shape index (κ1) is 21.7. The fraction of sp³-hybridized carbons (Fsp3) is 0.619. The molecule has 1 aromatic carbocycles. The molecule has 29 heavy (non-hydrogen) atoms. The number of rotatable bonds is 5. The van der Waals surface area contributed by atoms with Crippen molar-refractivity contribution >= 4 is 17.9 Å². The van der Waals surface area contributed by atoms with Gasteiger partial charge < -0.3 is 29.2 Å². The molecule has 0 spiro atoms. The topological polar surface area (TPSA) is 77.1 Å². The predicted octanol–water partition coefficient (Wildman–Crippen LogP) is 2.44. The Morgan fingerprint density at radius 1 is 1.24 bits per heavy atom. The zero-order valence-corrected chi connectivity index (χ0v) is 17.4. The van der Waals surface area contributed by atoms with Crippen molar-refractivity contribution in [3.05, 3.63) is 29.1 Å². The number of morpholine rings is 1. The lowest BCUT2D eigenvalue weighted by Gasteiger charge is -2.40. The number of benzene rings is 1. The lowest BCUT2D eigenvalue weighted by atomic mass is 9.95. The van der Waals surface area contributed by atoms with E-state index in [-0.39, 0.29) is 29.7 Å². The van der Waals surface area contributed by atoms with E-state index in [2.05, 4.69) is 5.32 Å². The SMILES string of the molecule is CC1CN(c2c(F)cc(C(=O)NCC=O)cc2C2OCC(C)(C)CO2)CC(C)O1. The highest BCUT2D eigenvalue weighted by Crippen LogP contribution is 2.38. The number of carbonyl (C=O) groups is 2. The minimum atomic E-state index is -0.778. The second-order valence-corrected chi connectivity index (χ2v) is 8.55. The molecule has 2 aliphatic heterocycles. The van der Waals surface area contributed by atoms with Crippen LogP contribution in [0.4, 0.5) is 10.1 Å². The summed E-state index contributed by atoms with van der Waals surface area (Å²) in [6.07, 6.45) is -0.322. The predicted molar refractivity (Wildman–Crippen MR) is 105 cm³/mol. The average molecular weight is 408 g/mol. The Morgan fingerprint density at radius 2 is 1.86 bits per heavy atom. The highest BCUT2D eigenvalue weighted by Gasteiger charge is 2.34. The molecule has 2 atom stereocenters. The molecule has 0 aromatic heterocycles.